The standard InChI is InChI=1S/C19H15F3N2O3S/c1-18(25,17(28)7-11-5-3-2-4-6-11)16-9-12-8-15(24(26)27)13(19(20,21)22)10-14(12)23-16/h2-6,8-10,23,25H,7H2,1H3. The number of H-pyrrole nitrogens is 1. The van der Waals surface area contributed by atoms with E-state index in [1.54, 1.807) is 0 Å². The Kier molecular flexibility index (Phi) is 4.99. The Morgan fingerprint density at radius 3 is 2.43 bits per heavy atom. The average Bonchev–Trinajstić information content (AvgIpc) is 3.04. The Hall–Kier alpha value is -2.78. The third-order valence-corrected chi connectivity index (χ3v) is 5.06. The van der Waals surface area contributed by atoms with Crippen LogP contribution in [0.4, 0.5) is 18.9 Å². The molecule has 1 heterocycles. The van der Waals surface area contributed by atoms with Crippen molar-refractivity contribution in [3.05, 3.63) is 75.5 Å². The lowest BCUT2D eigenvalue weighted by Gasteiger charge is -2.23. The highest BCUT2D eigenvalue weighted by Crippen LogP contribution is 2.39. The number of benzene rings is 2. The maximum Gasteiger partial charge on any atom is 0.423 e. The predicted octanol–water partition coefficient (Wildman–Crippen LogP) is 4.92. The lowest BCUT2D eigenvalue weighted by atomic mass is 9.93. The molecule has 9 heteroatoms. The SMILES string of the molecule is CC(O)(C(=S)Cc1ccccc1)c1cc2cc([N+](=O)[O-])c(C(F)(F)F)cc2[nH]1. The van der Waals surface area contributed by atoms with Gasteiger partial charge in [-0.25, -0.2) is 0 Å². The van der Waals surface area contributed by atoms with Crippen LogP contribution < -0.4 is 0 Å². The molecule has 2 aromatic carbocycles. The molecule has 0 aliphatic carbocycles. The summed E-state index contributed by atoms with van der Waals surface area (Å²) in [5, 5.41) is 22.1. The second-order valence-electron chi connectivity index (χ2n) is 6.55. The maximum atomic E-state index is 13.2. The Labute approximate surface area is 163 Å². The molecule has 1 unspecified atom stereocenters. The third-order valence-electron chi connectivity index (χ3n) is 4.51. The number of thiocarbonyl (C=S) groups is 1. The van der Waals surface area contributed by atoms with Crippen LogP contribution >= 0.6 is 12.2 Å². The number of aromatic nitrogens is 1. The molecule has 0 radical (unpaired) electrons. The second-order valence-corrected chi connectivity index (χ2v) is 7.05. The van der Waals surface area contributed by atoms with Crippen LogP contribution in [0.1, 0.15) is 23.7 Å². The zero-order chi connectivity index (χ0) is 20.7. The van der Waals surface area contributed by atoms with Gasteiger partial charge in [-0.2, -0.15) is 13.2 Å². The summed E-state index contributed by atoms with van der Waals surface area (Å²) in [5.41, 5.74) is -2.98. The third kappa shape index (κ3) is 3.76. The number of nitrogens with one attached hydrogen (secondary N) is 1. The van der Waals surface area contributed by atoms with Crippen molar-refractivity contribution in [3.8, 4) is 0 Å². The Morgan fingerprint density at radius 2 is 1.86 bits per heavy atom. The monoisotopic (exact) mass is 408 g/mol. The molecule has 3 aromatic rings. The molecule has 0 aliphatic rings. The maximum absolute atomic E-state index is 13.2. The van der Waals surface area contributed by atoms with Crippen molar-refractivity contribution in [1.29, 1.82) is 0 Å². The van der Waals surface area contributed by atoms with E-state index < -0.39 is 28.0 Å². The van der Waals surface area contributed by atoms with E-state index in [2.05, 4.69) is 4.98 Å². The highest BCUT2D eigenvalue weighted by atomic mass is 32.1. The minimum Gasteiger partial charge on any atom is -0.379 e. The first-order valence-electron chi connectivity index (χ1n) is 8.18. The van der Waals surface area contributed by atoms with Crippen LogP contribution in [0.5, 0.6) is 0 Å². The van der Waals surface area contributed by atoms with Crippen LogP contribution in [-0.2, 0) is 18.2 Å². The number of hydrogen-bond donors (Lipinski definition) is 2. The number of nitrogens with zero attached hydrogens (tertiary/aromatic N) is 1. The average molecular weight is 408 g/mol. The van der Waals surface area contributed by atoms with Crippen molar-refractivity contribution in [3.63, 3.8) is 0 Å². The summed E-state index contributed by atoms with van der Waals surface area (Å²) in [6, 6.07) is 12.1. The molecule has 1 aromatic heterocycles. The number of aliphatic hydroxyl groups is 1. The number of aromatic amines is 1. The Balaban J connectivity index is 2.03. The van der Waals surface area contributed by atoms with E-state index in [0.717, 1.165) is 11.6 Å². The van der Waals surface area contributed by atoms with Gasteiger partial charge < -0.3 is 10.1 Å². The van der Waals surface area contributed by atoms with Gasteiger partial charge in [-0.05, 0) is 24.6 Å². The van der Waals surface area contributed by atoms with Gasteiger partial charge in [-0.15, -0.1) is 0 Å². The lowest BCUT2D eigenvalue weighted by molar-refractivity contribution is -0.387. The van der Waals surface area contributed by atoms with E-state index in [-0.39, 0.29) is 27.9 Å². The van der Waals surface area contributed by atoms with Crippen LogP contribution in [0.15, 0.2) is 48.5 Å². The Bertz CT molecular complexity index is 1060. The first-order chi connectivity index (χ1) is 13.0. The van der Waals surface area contributed by atoms with Crippen LogP contribution in [0.3, 0.4) is 0 Å². The molecule has 5 nitrogen and oxygen atoms in total. The van der Waals surface area contributed by atoms with Gasteiger partial charge in [0.15, 0.2) is 0 Å². The molecule has 3 rings (SSSR count). The van der Waals surface area contributed by atoms with Gasteiger partial charge in [0.1, 0.15) is 11.2 Å². The summed E-state index contributed by atoms with van der Waals surface area (Å²) in [7, 11) is 0. The van der Waals surface area contributed by atoms with Gasteiger partial charge in [0.05, 0.1) is 10.6 Å². The van der Waals surface area contributed by atoms with Crippen molar-refractivity contribution < 1.29 is 23.2 Å². The minimum atomic E-state index is -4.88. The topological polar surface area (TPSA) is 79.2 Å². The largest absolute Gasteiger partial charge is 0.423 e. The molecule has 146 valence electrons. The smallest absolute Gasteiger partial charge is 0.379 e. The number of rotatable bonds is 5. The van der Waals surface area contributed by atoms with Gasteiger partial charge >= 0.3 is 6.18 Å². The normalized spacial score (nSPS) is 14.0. The van der Waals surface area contributed by atoms with E-state index in [1.807, 2.05) is 30.3 Å². The molecule has 0 spiro atoms. The van der Waals surface area contributed by atoms with Crippen LogP contribution in [-0.4, -0.2) is 19.9 Å². The minimum absolute atomic E-state index is 0.0238. The van der Waals surface area contributed by atoms with Crippen molar-refractivity contribution in [1.82, 2.24) is 4.98 Å². The number of nitro groups is 1. The fourth-order valence-electron chi connectivity index (χ4n) is 2.91. The quantitative estimate of drug-likeness (QED) is 0.357. The zero-order valence-electron chi connectivity index (χ0n) is 14.6. The Morgan fingerprint density at radius 1 is 1.21 bits per heavy atom. The fourth-order valence-corrected chi connectivity index (χ4v) is 3.19. The zero-order valence-corrected chi connectivity index (χ0v) is 15.4. The molecule has 2 N–H and O–H groups in total. The highest BCUT2D eigenvalue weighted by molar-refractivity contribution is 7.80. The van der Waals surface area contributed by atoms with E-state index in [1.165, 1.54) is 13.0 Å². The molecular formula is C19H15F3N2O3S. The molecule has 0 saturated carbocycles. The van der Waals surface area contributed by atoms with Gasteiger partial charge in [0.25, 0.3) is 5.69 Å². The summed E-state index contributed by atoms with van der Waals surface area (Å²) < 4.78 is 39.5. The number of halogens is 3. The number of fused-ring (bicyclic) bond motifs is 1. The summed E-state index contributed by atoms with van der Waals surface area (Å²) in [5.74, 6) is 0. The van der Waals surface area contributed by atoms with E-state index in [0.29, 0.717) is 6.07 Å². The molecule has 28 heavy (non-hydrogen) atoms. The molecule has 0 aliphatic heterocycles. The van der Waals surface area contributed by atoms with Crippen molar-refractivity contribution in [2.45, 2.75) is 25.1 Å². The molecule has 0 saturated heterocycles. The number of nitro benzene ring substituents is 1. The summed E-state index contributed by atoms with van der Waals surface area (Å²) >= 11 is 5.35. The summed E-state index contributed by atoms with van der Waals surface area (Å²) in [4.78, 5) is 13.0. The number of hydrogen-bond acceptors (Lipinski definition) is 4. The number of alkyl halides is 3. The van der Waals surface area contributed by atoms with Crippen molar-refractivity contribution in [2.75, 3.05) is 0 Å². The first kappa shape index (κ1) is 20.0. The van der Waals surface area contributed by atoms with Gasteiger partial charge in [0, 0.05) is 28.3 Å². The molecular weight excluding hydrogens is 393 g/mol. The first-order valence-corrected chi connectivity index (χ1v) is 8.59. The molecule has 0 amide bonds. The van der Waals surface area contributed by atoms with Crippen LogP contribution in [0, 0.1) is 10.1 Å². The molecule has 0 bridgehead atoms. The molecule has 0 fully saturated rings. The molecule has 1 atom stereocenters. The van der Waals surface area contributed by atoms with Crippen molar-refractivity contribution >= 4 is 33.7 Å². The van der Waals surface area contributed by atoms with Gasteiger partial charge in [0.2, 0.25) is 0 Å². The van der Waals surface area contributed by atoms with Gasteiger partial charge in [-0.3, -0.25) is 10.1 Å². The van der Waals surface area contributed by atoms with Gasteiger partial charge in [-0.1, -0.05) is 42.5 Å². The van der Waals surface area contributed by atoms with E-state index >= 15 is 0 Å². The van der Waals surface area contributed by atoms with E-state index in [9.17, 15) is 28.4 Å². The lowest BCUT2D eigenvalue weighted by Crippen LogP contribution is -2.32. The highest BCUT2D eigenvalue weighted by Gasteiger charge is 2.39. The van der Waals surface area contributed by atoms with Crippen LogP contribution in [0.2, 0.25) is 0 Å². The van der Waals surface area contributed by atoms with E-state index in [4.69, 9.17) is 12.2 Å². The predicted molar refractivity (Wildman–Crippen MR) is 102 cm³/mol. The van der Waals surface area contributed by atoms with Crippen LogP contribution in [0.25, 0.3) is 10.9 Å². The second kappa shape index (κ2) is 6.99. The van der Waals surface area contributed by atoms with Crippen molar-refractivity contribution in [2.24, 2.45) is 0 Å². The summed E-state index contributed by atoms with van der Waals surface area (Å²) in [6.07, 6.45) is -4.60. The fraction of sp³-hybridized carbons (Fsp3) is 0.211. The summed E-state index contributed by atoms with van der Waals surface area (Å²) in [6.45, 7) is 1.43.